The molecular formula is C18H27N5O2. The minimum atomic E-state index is -0.153. The van der Waals surface area contributed by atoms with Crippen LogP contribution in [0.25, 0.3) is 0 Å². The first-order chi connectivity index (χ1) is 11.9. The number of carbonyl (C=O) groups excluding carboxylic acids is 1. The number of amides is 1. The summed E-state index contributed by atoms with van der Waals surface area (Å²) in [5.41, 5.74) is 3.53. The predicted octanol–water partition coefficient (Wildman–Crippen LogP) is 2.29. The Bertz CT molecular complexity index is 724. The zero-order chi connectivity index (χ0) is 18.4. The lowest BCUT2D eigenvalue weighted by Crippen LogP contribution is -2.25. The van der Waals surface area contributed by atoms with E-state index in [1.165, 1.54) is 0 Å². The summed E-state index contributed by atoms with van der Waals surface area (Å²) in [5.74, 6) is 0.443. The molecule has 0 aliphatic rings. The number of nitrogens with zero attached hydrogens (tertiary/aromatic N) is 3. The van der Waals surface area contributed by atoms with E-state index in [0.29, 0.717) is 31.1 Å². The number of methoxy groups -OCH3 is 1. The van der Waals surface area contributed by atoms with Crippen molar-refractivity contribution in [1.29, 1.82) is 0 Å². The Balaban J connectivity index is 2.09. The second-order valence-electron chi connectivity index (χ2n) is 6.25. The van der Waals surface area contributed by atoms with Crippen molar-refractivity contribution >= 4 is 11.7 Å². The molecule has 0 unspecified atom stereocenters. The molecule has 0 radical (unpaired) electrons. The zero-order valence-corrected chi connectivity index (χ0v) is 15.6. The van der Waals surface area contributed by atoms with Gasteiger partial charge in [-0.05, 0) is 39.8 Å². The van der Waals surface area contributed by atoms with E-state index in [9.17, 15) is 4.79 Å². The van der Waals surface area contributed by atoms with Crippen molar-refractivity contribution in [2.24, 2.45) is 0 Å². The molecule has 0 fully saturated rings. The molecule has 0 atom stereocenters. The van der Waals surface area contributed by atoms with Gasteiger partial charge in [0.15, 0.2) is 0 Å². The molecule has 0 bridgehead atoms. The minimum Gasteiger partial charge on any atom is -0.383 e. The highest BCUT2D eigenvalue weighted by molar-refractivity contribution is 5.98. The predicted molar refractivity (Wildman–Crippen MR) is 97.7 cm³/mol. The van der Waals surface area contributed by atoms with E-state index in [1.807, 2.05) is 32.4 Å². The van der Waals surface area contributed by atoms with Crippen LogP contribution in [-0.2, 0) is 17.8 Å². The van der Waals surface area contributed by atoms with Gasteiger partial charge < -0.3 is 15.4 Å². The van der Waals surface area contributed by atoms with Crippen LogP contribution in [0.15, 0.2) is 18.3 Å². The number of carbonyl (C=O) groups is 1. The maximum absolute atomic E-state index is 12.6. The van der Waals surface area contributed by atoms with Crippen molar-refractivity contribution in [2.75, 3.05) is 19.0 Å². The van der Waals surface area contributed by atoms with Gasteiger partial charge in [0, 0.05) is 37.2 Å². The Morgan fingerprint density at radius 2 is 2.12 bits per heavy atom. The molecule has 2 aromatic heterocycles. The van der Waals surface area contributed by atoms with Gasteiger partial charge in [0.25, 0.3) is 5.91 Å². The molecule has 2 rings (SSSR count). The number of rotatable bonds is 8. The van der Waals surface area contributed by atoms with Crippen molar-refractivity contribution < 1.29 is 9.53 Å². The van der Waals surface area contributed by atoms with E-state index < -0.39 is 0 Å². The van der Waals surface area contributed by atoms with Gasteiger partial charge in [-0.15, -0.1) is 0 Å². The first-order valence-corrected chi connectivity index (χ1v) is 8.45. The molecule has 0 saturated heterocycles. The average Bonchev–Trinajstić information content (AvgIpc) is 2.84. The fraction of sp³-hybridized carbons (Fsp3) is 0.500. The van der Waals surface area contributed by atoms with Crippen molar-refractivity contribution in [3.05, 3.63) is 40.8 Å². The second kappa shape index (κ2) is 8.62. The Labute approximate surface area is 148 Å². The minimum absolute atomic E-state index is 0.153. The lowest BCUT2D eigenvalue weighted by Gasteiger charge is -2.13. The Hall–Kier alpha value is -2.41. The van der Waals surface area contributed by atoms with Crippen molar-refractivity contribution in [1.82, 2.24) is 20.1 Å². The van der Waals surface area contributed by atoms with Crippen LogP contribution in [0.2, 0.25) is 0 Å². The van der Waals surface area contributed by atoms with E-state index in [0.717, 1.165) is 17.0 Å². The number of pyridine rings is 1. The third-order valence-electron chi connectivity index (χ3n) is 3.94. The summed E-state index contributed by atoms with van der Waals surface area (Å²) < 4.78 is 7.02. The largest absolute Gasteiger partial charge is 0.383 e. The molecule has 0 spiro atoms. The van der Waals surface area contributed by atoms with Gasteiger partial charge in [0.1, 0.15) is 5.82 Å². The maximum Gasteiger partial charge on any atom is 0.255 e. The van der Waals surface area contributed by atoms with Crippen LogP contribution in [0, 0.1) is 13.8 Å². The topological polar surface area (TPSA) is 81.1 Å². The third kappa shape index (κ3) is 4.79. The van der Waals surface area contributed by atoms with Crippen LogP contribution in [-0.4, -0.2) is 40.4 Å². The molecule has 2 N–H and O–H groups in total. The van der Waals surface area contributed by atoms with E-state index in [2.05, 4.69) is 20.7 Å². The summed E-state index contributed by atoms with van der Waals surface area (Å²) in [6, 6.07) is 3.74. The summed E-state index contributed by atoms with van der Waals surface area (Å²) in [6.07, 6.45) is 1.68. The molecule has 0 saturated carbocycles. The first kappa shape index (κ1) is 18.9. The van der Waals surface area contributed by atoms with Crippen LogP contribution < -0.4 is 10.6 Å². The van der Waals surface area contributed by atoms with E-state index >= 15 is 0 Å². The number of aromatic nitrogens is 3. The number of aryl methyl sites for hydroxylation is 1. The lowest BCUT2D eigenvalue weighted by atomic mass is 10.2. The lowest BCUT2D eigenvalue weighted by molar-refractivity contribution is 0.0951. The normalized spacial score (nSPS) is 11.0. The number of ether oxygens (including phenoxy) is 1. The van der Waals surface area contributed by atoms with Gasteiger partial charge in [0.2, 0.25) is 0 Å². The van der Waals surface area contributed by atoms with Gasteiger partial charge in [-0.25, -0.2) is 4.98 Å². The second-order valence-corrected chi connectivity index (χ2v) is 6.25. The molecule has 2 aromatic rings. The van der Waals surface area contributed by atoms with Crippen LogP contribution in [0.1, 0.15) is 41.2 Å². The average molecular weight is 345 g/mol. The first-order valence-electron chi connectivity index (χ1n) is 8.45. The number of hydrogen-bond acceptors (Lipinski definition) is 5. The van der Waals surface area contributed by atoms with Gasteiger partial charge in [-0.2, -0.15) is 5.10 Å². The van der Waals surface area contributed by atoms with Crippen molar-refractivity contribution in [3.63, 3.8) is 0 Å². The number of anilines is 1. The van der Waals surface area contributed by atoms with Crippen LogP contribution in [0.3, 0.4) is 0 Å². The number of nitrogens with one attached hydrogen (secondary N) is 2. The molecule has 0 aliphatic carbocycles. The fourth-order valence-electron chi connectivity index (χ4n) is 2.63. The van der Waals surface area contributed by atoms with Gasteiger partial charge >= 0.3 is 0 Å². The standard InChI is InChI=1S/C18H27N5O2/c1-12(2)21-17-15(7-6-8-19-17)18(24)20-11-16-13(3)22-23(14(16)4)9-10-25-5/h6-8,12H,9-11H2,1-5H3,(H,19,21)(H,20,24). The summed E-state index contributed by atoms with van der Waals surface area (Å²) in [4.78, 5) is 16.8. The molecule has 1 amide bonds. The molecule has 7 heteroatoms. The van der Waals surface area contributed by atoms with Gasteiger partial charge in [-0.1, -0.05) is 0 Å². The Morgan fingerprint density at radius 3 is 2.80 bits per heavy atom. The van der Waals surface area contributed by atoms with E-state index in [-0.39, 0.29) is 11.9 Å². The summed E-state index contributed by atoms with van der Waals surface area (Å²) in [5, 5.41) is 10.7. The van der Waals surface area contributed by atoms with E-state index in [1.54, 1.807) is 25.4 Å². The fourth-order valence-corrected chi connectivity index (χ4v) is 2.63. The summed E-state index contributed by atoms with van der Waals surface area (Å²) in [6.45, 7) is 9.71. The Morgan fingerprint density at radius 1 is 1.36 bits per heavy atom. The Kier molecular flexibility index (Phi) is 6.52. The SMILES string of the molecule is COCCn1nc(C)c(CNC(=O)c2cccnc2NC(C)C)c1C. The smallest absolute Gasteiger partial charge is 0.255 e. The quantitative estimate of drug-likeness (QED) is 0.767. The molecule has 7 nitrogen and oxygen atoms in total. The molecular weight excluding hydrogens is 318 g/mol. The molecule has 2 heterocycles. The summed E-state index contributed by atoms with van der Waals surface area (Å²) >= 11 is 0. The summed E-state index contributed by atoms with van der Waals surface area (Å²) in [7, 11) is 1.67. The van der Waals surface area contributed by atoms with Crippen LogP contribution in [0.5, 0.6) is 0 Å². The molecule has 0 aromatic carbocycles. The van der Waals surface area contributed by atoms with Crippen molar-refractivity contribution in [3.8, 4) is 0 Å². The maximum atomic E-state index is 12.6. The highest BCUT2D eigenvalue weighted by Gasteiger charge is 2.16. The monoisotopic (exact) mass is 345 g/mol. The van der Waals surface area contributed by atoms with Crippen LogP contribution in [0.4, 0.5) is 5.82 Å². The van der Waals surface area contributed by atoms with Gasteiger partial charge in [-0.3, -0.25) is 9.48 Å². The highest BCUT2D eigenvalue weighted by Crippen LogP contribution is 2.15. The van der Waals surface area contributed by atoms with Crippen molar-refractivity contribution in [2.45, 2.75) is 46.8 Å². The number of hydrogen-bond donors (Lipinski definition) is 2. The highest BCUT2D eigenvalue weighted by atomic mass is 16.5. The van der Waals surface area contributed by atoms with Gasteiger partial charge in [0.05, 0.1) is 24.4 Å². The molecule has 25 heavy (non-hydrogen) atoms. The third-order valence-corrected chi connectivity index (χ3v) is 3.94. The molecule has 136 valence electrons. The molecule has 0 aliphatic heterocycles. The zero-order valence-electron chi connectivity index (χ0n) is 15.6. The van der Waals surface area contributed by atoms with E-state index in [4.69, 9.17) is 4.74 Å². The van der Waals surface area contributed by atoms with Crippen LogP contribution >= 0.6 is 0 Å².